The van der Waals surface area contributed by atoms with Crippen LogP contribution >= 0.6 is 0 Å². The number of Topliss-reactive ketones (excluding diaryl/α,β-unsaturated/α-hetero) is 1. The van der Waals surface area contributed by atoms with Crippen molar-refractivity contribution >= 4 is 5.78 Å². The molecule has 0 aromatic carbocycles. The van der Waals surface area contributed by atoms with E-state index in [0.29, 0.717) is 11.4 Å². The molecule has 3 nitrogen and oxygen atoms in total. The molecule has 0 radical (unpaired) electrons. The SMILES string of the molecule is CC(=O)c1nc(C)c(C)nc1C. The Labute approximate surface area is 71.9 Å². The van der Waals surface area contributed by atoms with Crippen LogP contribution in [0.25, 0.3) is 0 Å². The summed E-state index contributed by atoms with van der Waals surface area (Å²) in [6.45, 7) is 7.05. The fraction of sp³-hybridized carbons (Fsp3) is 0.444. The van der Waals surface area contributed by atoms with E-state index in [1.54, 1.807) is 6.92 Å². The van der Waals surface area contributed by atoms with Gasteiger partial charge in [-0.25, -0.2) is 4.98 Å². The lowest BCUT2D eigenvalue weighted by Crippen LogP contribution is -2.06. The molecule has 1 aromatic heterocycles. The molecule has 0 bridgehead atoms. The summed E-state index contributed by atoms with van der Waals surface area (Å²) in [5.74, 6) is -0.0249. The molecule has 1 aromatic rings. The molecule has 0 spiro atoms. The fourth-order valence-corrected chi connectivity index (χ4v) is 1.05. The summed E-state index contributed by atoms with van der Waals surface area (Å²) in [6, 6.07) is 0. The van der Waals surface area contributed by atoms with E-state index in [4.69, 9.17) is 0 Å². The molecule has 0 amide bonds. The summed E-state index contributed by atoms with van der Waals surface area (Å²) >= 11 is 0. The van der Waals surface area contributed by atoms with Crippen molar-refractivity contribution in [1.82, 2.24) is 9.97 Å². The first-order valence-corrected chi connectivity index (χ1v) is 3.85. The Hall–Kier alpha value is -1.25. The molecule has 0 saturated carbocycles. The maximum Gasteiger partial charge on any atom is 0.179 e. The van der Waals surface area contributed by atoms with Crippen LogP contribution in [-0.4, -0.2) is 15.8 Å². The molecule has 0 aliphatic carbocycles. The second kappa shape index (κ2) is 3.01. The molecule has 3 heteroatoms. The average molecular weight is 164 g/mol. The summed E-state index contributed by atoms with van der Waals surface area (Å²) in [5, 5.41) is 0. The van der Waals surface area contributed by atoms with Gasteiger partial charge in [-0.3, -0.25) is 9.78 Å². The Morgan fingerprint density at radius 1 is 1.00 bits per heavy atom. The molecule has 0 fully saturated rings. The quantitative estimate of drug-likeness (QED) is 0.592. The van der Waals surface area contributed by atoms with Gasteiger partial charge in [0.25, 0.3) is 0 Å². The average Bonchev–Trinajstić information content (AvgIpc) is 1.96. The van der Waals surface area contributed by atoms with Gasteiger partial charge in [-0.2, -0.15) is 0 Å². The largest absolute Gasteiger partial charge is 0.293 e. The number of rotatable bonds is 1. The molecular formula is C9H12N2O. The van der Waals surface area contributed by atoms with Crippen LogP contribution in [0.1, 0.15) is 34.5 Å². The first-order chi connectivity index (χ1) is 5.52. The van der Waals surface area contributed by atoms with Gasteiger partial charge in [0.15, 0.2) is 5.78 Å². The molecular weight excluding hydrogens is 152 g/mol. The third-order valence-electron chi connectivity index (χ3n) is 1.81. The van der Waals surface area contributed by atoms with Gasteiger partial charge in [0, 0.05) is 6.92 Å². The smallest absolute Gasteiger partial charge is 0.179 e. The Kier molecular flexibility index (Phi) is 2.22. The van der Waals surface area contributed by atoms with Crippen molar-refractivity contribution in [3.8, 4) is 0 Å². The Balaban J connectivity index is 3.33. The Morgan fingerprint density at radius 3 is 2.00 bits per heavy atom. The molecule has 1 heterocycles. The highest BCUT2D eigenvalue weighted by Crippen LogP contribution is 2.06. The molecule has 0 aliphatic rings. The molecule has 0 atom stereocenters. The highest BCUT2D eigenvalue weighted by atomic mass is 16.1. The maximum atomic E-state index is 11.0. The van der Waals surface area contributed by atoms with Crippen molar-refractivity contribution in [2.24, 2.45) is 0 Å². The summed E-state index contributed by atoms with van der Waals surface area (Å²) in [7, 11) is 0. The van der Waals surface area contributed by atoms with Gasteiger partial charge in [0.2, 0.25) is 0 Å². The first kappa shape index (κ1) is 8.84. The lowest BCUT2D eigenvalue weighted by molar-refractivity contribution is 0.101. The van der Waals surface area contributed by atoms with Crippen LogP contribution in [0, 0.1) is 20.8 Å². The molecule has 64 valence electrons. The number of carbonyl (C=O) groups excluding carboxylic acids is 1. The molecule has 0 N–H and O–H groups in total. The van der Waals surface area contributed by atoms with Gasteiger partial charge in [-0.15, -0.1) is 0 Å². The first-order valence-electron chi connectivity index (χ1n) is 3.85. The number of aryl methyl sites for hydroxylation is 3. The van der Waals surface area contributed by atoms with Crippen molar-refractivity contribution < 1.29 is 4.79 Å². The van der Waals surface area contributed by atoms with Gasteiger partial charge in [0.1, 0.15) is 5.69 Å². The summed E-state index contributed by atoms with van der Waals surface area (Å²) in [6.07, 6.45) is 0. The lowest BCUT2D eigenvalue weighted by Gasteiger charge is -2.03. The molecule has 0 unspecified atom stereocenters. The van der Waals surface area contributed by atoms with Crippen LogP contribution in [0.5, 0.6) is 0 Å². The number of hydrogen-bond donors (Lipinski definition) is 0. The summed E-state index contributed by atoms with van der Waals surface area (Å²) in [4.78, 5) is 19.4. The van der Waals surface area contributed by atoms with E-state index in [1.807, 2.05) is 13.8 Å². The van der Waals surface area contributed by atoms with E-state index in [2.05, 4.69) is 9.97 Å². The van der Waals surface area contributed by atoms with Crippen LogP contribution in [0.2, 0.25) is 0 Å². The Bertz CT molecular complexity index is 332. The zero-order valence-corrected chi connectivity index (χ0v) is 7.80. The third-order valence-corrected chi connectivity index (χ3v) is 1.81. The normalized spacial score (nSPS) is 10.0. The van der Waals surface area contributed by atoms with Crippen LogP contribution in [0.15, 0.2) is 0 Å². The van der Waals surface area contributed by atoms with Crippen molar-refractivity contribution in [3.05, 3.63) is 22.8 Å². The zero-order valence-electron chi connectivity index (χ0n) is 7.80. The highest BCUT2D eigenvalue weighted by molar-refractivity contribution is 5.93. The number of nitrogens with zero attached hydrogens (tertiary/aromatic N) is 2. The Morgan fingerprint density at radius 2 is 1.50 bits per heavy atom. The maximum absolute atomic E-state index is 11.0. The van der Waals surface area contributed by atoms with Crippen molar-refractivity contribution in [2.45, 2.75) is 27.7 Å². The van der Waals surface area contributed by atoms with Gasteiger partial charge >= 0.3 is 0 Å². The number of hydrogen-bond acceptors (Lipinski definition) is 3. The molecule has 1 rings (SSSR count). The fourth-order valence-electron chi connectivity index (χ4n) is 1.05. The van der Waals surface area contributed by atoms with Gasteiger partial charge in [0.05, 0.1) is 17.1 Å². The standard InChI is InChI=1S/C9H12N2O/c1-5-6(2)11-9(8(4)12)7(3)10-5/h1-4H3. The van der Waals surface area contributed by atoms with Gasteiger partial charge in [-0.1, -0.05) is 0 Å². The minimum absolute atomic E-state index is 0.0249. The monoisotopic (exact) mass is 164 g/mol. The number of ketones is 1. The van der Waals surface area contributed by atoms with Crippen molar-refractivity contribution in [1.29, 1.82) is 0 Å². The lowest BCUT2D eigenvalue weighted by atomic mass is 10.2. The van der Waals surface area contributed by atoms with E-state index in [9.17, 15) is 4.79 Å². The van der Waals surface area contributed by atoms with Crippen LogP contribution in [-0.2, 0) is 0 Å². The predicted octanol–water partition coefficient (Wildman–Crippen LogP) is 1.60. The zero-order chi connectivity index (χ0) is 9.30. The predicted molar refractivity (Wildman–Crippen MR) is 46.2 cm³/mol. The molecule has 0 saturated heterocycles. The molecule has 12 heavy (non-hydrogen) atoms. The van der Waals surface area contributed by atoms with E-state index in [0.717, 1.165) is 11.4 Å². The van der Waals surface area contributed by atoms with E-state index >= 15 is 0 Å². The topological polar surface area (TPSA) is 42.9 Å². The van der Waals surface area contributed by atoms with Gasteiger partial charge in [-0.05, 0) is 20.8 Å². The second-order valence-corrected chi connectivity index (χ2v) is 2.88. The second-order valence-electron chi connectivity index (χ2n) is 2.88. The van der Waals surface area contributed by atoms with E-state index in [-0.39, 0.29) is 5.78 Å². The third kappa shape index (κ3) is 1.49. The number of aromatic nitrogens is 2. The van der Waals surface area contributed by atoms with Crippen LogP contribution < -0.4 is 0 Å². The number of carbonyl (C=O) groups is 1. The minimum atomic E-state index is -0.0249. The summed E-state index contributed by atoms with van der Waals surface area (Å²) < 4.78 is 0. The van der Waals surface area contributed by atoms with Crippen LogP contribution in [0.3, 0.4) is 0 Å². The molecule has 0 aliphatic heterocycles. The highest BCUT2D eigenvalue weighted by Gasteiger charge is 2.08. The van der Waals surface area contributed by atoms with Crippen molar-refractivity contribution in [3.63, 3.8) is 0 Å². The van der Waals surface area contributed by atoms with E-state index < -0.39 is 0 Å². The van der Waals surface area contributed by atoms with Crippen LogP contribution in [0.4, 0.5) is 0 Å². The van der Waals surface area contributed by atoms with Crippen molar-refractivity contribution in [2.75, 3.05) is 0 Å². The van der Waals surface area contributed by atoms with E-state index in [1.165, 1.54) is 6.92 Å². The van der Waals surface area contributed by atoms with Gasteiger partial charge < -0.3 is 0 Å². The minimum Gasteiger partial charge on any atom is -0.293 e. The summed E-state index contributed by atoms with van der Waals surface area (Å²) in [5.41, 5.74) is 2.91.